The summed E-state index contributed by atoms with van der Waals surface area (Å²) in [6.07, 6.45) is 0. The number of carbonyl (C=O) groups is 1. The zero-order valence-electron chi connectivity index (χ0n) is 13.5. The number of benzene rings is 1. The molecule has 0 bridgehead atoms. The number of carboxylic acid groups (broad SMARTS) is 1. The lowest BCUT2D eigenvalue weighted by molar-refractivity contribution is -0.139. The highest BCUT2D eigenvalue weighted by molar-refractivity contribution is 5.72. The lowest BCUT2D eigenvalue weighted by atomic mass is 9.86. The molecule has 0 amide bonds. The summed E-state index contributed by atoms with van der Waals surface area (Å²) in [7, 11) is 0. The van der Waals surface area contributed by atoms with Crippen molar-refractivity contribution in [2.24, 2.45) is 0 Å². The molecule has 0 aliphatic rings. The molecule has 2 rings (SSSR count). The van der Waals surface area contributed by atoms with Crippen molar-refractivity contribution < 1.29 is 14.3 Å². The molecule has 2 N–H and O–H groups in total. The van der Waals surface area contributed by atoms with Crippen LogP contribution in [0.3, 0.4) is 0 Å². The Morgan fingerprint density at radius 1 is 1.18 bits per heavy atom. The van der Waals surface area contributed by atoms with E-state index in [-0.39, 0.29) is 5.41 Å². The number of furan rings is 1. The van der Waals surface area contributed by atoms with Crippen molar-refractivity contribution >= 4 is 5.97 Å². The summed E-state index contributed by atoms with van der Waals surface area (Å²) >= 11 is 0. The summed E-state index contributed by atoms with van der Waals surface area (Å²) < 4.78 is 5.77. The van der Waals surface area contributed by atoms with Crippen molar-refractivity contribution in [1.82, 2.24) is 5.32 Å². The molecule has 0 spiro atoms. The fourth-order valence-electron chi connectivity index (χ4n) is 2.10. The standard InChI is InChI=1S/C18H23NO3/c1-12(17(20)21)19-11-15-9-10-16(22-15)13-5-7-14(8-6-13)18(2,3)4/h5-10,12,19H,11H2,1-4H3,(H,20,21)/t12-/m1/s1. The minimum Gasteiger partial charge on any atom is -0.480 e. The minimum atomic E-state index is -0.871. The normalized spacial score (nSPS) is 13.1. The van der Waals surface area contributed by atoms with E-state index in [0.29, 0.717) is 6.54 Å². The van der Waals surface area contributed by atoms with Crippen LogP contribution in [-0.4, -0.2) is 17.1 Å². The fourth-order valence-corrected chi connectivity index (χ4v) is 2.10. The summed E-state index contributed by atoms with van der Waals surface area (Å²) in [4.78, 5) is 10.8. The van der Waals surface area contributed by atoms with E-state index in [2.05, 4.69) is 50.4 Å². The molecule has 0 radical (unpaired) electrons. The molecular weight excluding hydrogens is 278 g/mol. The van der Waals surface area contributed by atoms with Gasteiger partial charge in [0.1, 0.15) is 17.6 Å². The van der Waals surface area contributed by atoms with Gasteiger partial charge in [-0.3, -0.25) is 10.1 Å². The van der Waals surface area contributed by atoms with E-state index in [1.165, 1.54) is 5.56 Å². The third-order valence-corrected chi connectivity index (χ3v) is 3.65. The summed E-state index contributed by atoms with van der Waals surface area (Å²) in [6.45, 7) is 8.55. The molecule has 2 aromatic rings. The SMILES string of the molecule is C[C@@H](NCc1ccc(-c2ccc(C(C)(C)C)cc2)o1)C(=O)O. The second-order valence-electron chi connectivity index (χ2n) is 6.53. The molecule has 1 aromatic carbocycles. The predicted molar refractivity (Wildman–Crippen MR) is 86.8 cm³/mol. The number of hydrogen-bond donors (Lipinski definition) is 2. The smallest absolute Gasteiger partial charge is 0.320 e. The molecule has 0 aliphatic heterocycles. The molecule has 0 fully saturated rings. The summed E-state index contributed by atoms with van der Waals surface area (Å²) in [6, 6.07) is 11.5. The van der Waals surface area contributed by atoms with Gasteiger partial charge in [0.2, 0.25) is 0 Å². The number of aliphatic carboxylic acids is 1. The van der Waals surface area contributed by atoms with Crippen LogP contribution in [0.2, 0.25) is 0 Å². The van der Waals surface area contributed by atoms with Crippen LogP contribution < -0.4 is 5.32 Å². The first kappa shape index (κ1) is 16.3. The van der Waals surface area contributed by atoms with Crippen LogP contribution in [-0.2, 0) is 16.8 Å². The number of hydrogen-bond acceptors (Lipinski definition) is 3. The highest BCUT2D eigenvalue weighted by atomic mass is 16.4. The number of carboxylic acids is 1. The van der Waals surface area contributed by atoms with Gasteiger partial charge in [0.25, 0.3) is 0 Å². The van der Waals surface area contributed by atoms with Crippen molar-refractivity contribution in [3.05, 3.63) is 47.7 Å². The van der Waals surface area contributed by atoms with Gasteiger partial charge in [-0.15, -0.1) is 0 Å². The maximum absolute atomic E-state index is 10.8. The molecule has 22 heavy (non-hydrogen) atoms. The van der Waals surface area contributed by atoms with Crippen LogP contribution in [0.25, 0.3) is 11.3 Å². The van der Waals surface area contributed by atoms with Crippen LogP contribution in [0.5, 0.6) is 0 Å². The Labute approximate surface area is 131 Å². The second-order valence-corrected chi connectivity index (χ2v) is 6.53. The van der Waals surface area contributed by atoms with Crippen LogP contribution in [0.15, 0.2) is 40.8 Å². The maximum Gasteiger partial charge on any atom is 0.320 e. The minimum absolute atomic E-state index is 0.129. The third kappa shape index (κ3) is 3.98. The molecule has 4 nitrogen and oxygen atoms in total. The van der Waals surface area contributed by atoms with Crippen LogP contribution in [0.1, 0.15) is 39.0 Å². The van der Waals surface area contributed by atoms with Gasteiger partial charge in [0, 0.05) is 5.56 Å². The van der Waals surface area contributed by atoms with Gasteiger partial charge in [0.05, 0.1) is 6.54 Å². The molecule has 0 saturated heterocycles. The number of rotatable bonds is 5. The van der Waals surface area contributed by atoms with E-state index < -0.39 is 12.0 Å². The van der Waals surface area contributed by atoms with Gasteiger partial charge in [-0.25, -0.2) is 0 Å². The average molecular weight is 301 g/mol. The van der Waals surface area contributed by atoms with Gasteiger partial charge in [-0.1, -0.05) is 45.0 Å². The average Bonchev–Trinajstić information content (AvgIpc) is 2.92. The van der Waals surface area contributed by atoms with E-state index in [4.69, 9.17) is 9.52 Å². The molecule has 118 valence electrons. The first-order valence-electron chi connectivity index (χ1n) is 7.43. The third-order valence-electron chi connectivity index (χ3n) is 3.65. The quantitative estimate of drug-likeness (QED) is 0.881. The molecule has 1 atom stereocenters. The van der Waals surface area contributed by atoms with E-state index in [9.17, 15) is 4.79 Å². The molecule has 0 aliphatic carbocycles. The summed E-state index contributed by atoms with van der Waals surface area (Å²) in [5.41, 5.74) is 2.43. The molecule has 4 heteroatoms. The zero-order chi connectivity index (χ0) is 16.3. The highest BCUT2D eigenvalue weighted by Gasteiger charge is 2.14. The predicted octanol–water partition coefficient (Wildman–Crippen LogP) is 3.81. The lowest BCUT2D eigenvalue weighted by Gasteiger charge is -2.18. The Bertz CT molecular complexity index is 635. The Hall–Kier alpha value is -2.07. The molecular formula is C18H23NO3. The van der Waals surface area contributed by atoms with E-state index >= 15 is 0 Å². The molecule has 1 heterocycles. The van der Waals surface area contributed by atoms with Gasteiger partial charge >= 0.3 is 5.97 Å². The lowest BCUT2D eigenvalue weighted by Crippen LogP contribution is -2.32. The molecule has 0 unspecified atom stereocenters. The van der Waals surface area contributed by atoms with Crippen LogP contribution in [0, 0.1) is 0 Å². The number of nitrogens with one attached hydrogen (secondary N) is 1. The largest absolute Gasteiger partial charge is 0.480 e. The van der Waals surface area contributed by atoms with Crippen molar-refractivity contribution in [3.8, 4) is 11.3 Å². The van der Waals surface area contributed by atoms with Gasteiger partial charge < -0.3 is 9.52 Å². The maximum atomic E-state index is 10.8. The zero-order valence-corrected chi connectivity index (χ0v) is 13.5. The van der Waals surface area contributed by atoms with E-state index in [0.717, 1.165) is 17.1 Å². The van der Waals surface area contributed by atoms with Crippen molar-refractivity contribution in [2.45, 2.75) is 45.7 Å². The van der Waals surface area contributed by atoms with Gasteiger partial charge in [-0.05, 0) is 30.0 Å². The first-order valence-corrected chi connectivity index (χ1v) is 7.43. The van der Waals surface area contributed by atoms with Crippen LogP contribution >= 0.6 is 0 Å². The Morgan fingerprint density at radius 2 is 1.82 bits per heavy atom. The second kappa shape index (κ2) is 6.36. The van der Waals surface area contributed by atoms with Crippen LogP contribution in [0.4, 0.5) is 0 Å². The Morgan fingerprint density at radius 3 is 2.36 bits per heavy atom. The van der Waals surface area contributed by atoms with Gasteiger partial charge in [0.15, 0.2) is 0 Å². The van der Waals surface area contributed by atoms with Crippen molar-refractivity contribution in [2.75, 3.05) is 0 Å². The van der Waals surface area contributed by atoms with E-state index in [1.807, 2.05) is 12.1 Å². The monoisotopic (exact) mass is 301 g/mol. The summed E-state index contributed by atoms with van der Waals surface area (Å²) in [5, 5.41) is 11.7. The summed E-state index contributed by atoms with van der Waals surface area (Å²) in [5.74, 6) is 0.646. The van der Waals surface area contributed by atoms with Gasteiger partial charge in [-0.2, -0.15) is 0 Å². The fraction of sp³-hybridized carbons (Fsp3) is 0.389. The van der Waals surface area contributed by atoms with E-state index in [1.54, 1.807) is 6.92 Å². The topological polar surface area (TPSA) is 62.5 Å². The van der Waals surface area contributed by atoms with Crippen molar-refractivity contribution in [1.29, 1.82) is 0 Å². The Kier molecular flexibility index (Phi) is 4.71. The Balaban J connectivity index is 2.06. The van der Waals surface area contributed by atoms with Crippen molar-refractivity contribution in [3.63, 3.8) is 0 Å². The highest BCUT2D eigenvalue weighted by Crippen LogP contribution is 2.27. The molecule has 0 saturated carbocycles. The molecule has 1 aromatic heterocycles. The first-order chi connectivity index (χ1) is 10.3.